The Bertz CT molecular complexity index is 417. The first-order valence-electron chi connectivity index (χ1n) is 6.63. The van der Waals surface area contributed by atoms with Crippen LogP contribution in [0.25, 0.3) is 0 Å². The molecule has 2 atom stereocenters. The minimum absolute atomic E-state index is 0.0277. The van der Waals surface area contributed by atoms with E-state index < -0.39 is 0 Å². The van der Waals surface area contributed by atoms with Gasteiger partial charge in [0.05, 0.1) is 13.2 Å². The normalized spacial score (nSPS) is 21.7. The van der Waals surface area contributed by atoms with Gasteiger partial charge in [0.1, 0.15) is 11.5 Å². The summed E-state index contributed by atoms with van der Waals surface area (Å²) in [6, 6.07) is 8.20. The maximum absolute atomic E-state index is 11.8. The summed E-state index contributed by atoms with van der Waals surface area (Å²) in [6.07, 6.45) is 3.88. The van der Waals surface area contributed by atoms with E-state index in [9.17, 15) is 4.79 Å². The number of Topliss-reactive ketones (excluding diaryl/α,β-unsaturated/α-hetero) is 1. The summed E-state index contributed by atoms with van der Waals surface area (Å²) in [5.41, 5.74) is 1.16. The van der Waals surface area contributed by atoms with Crippen LogP contribution >= 0.6 is 0 Å². The standard InChI is InChI=1S/C15H21NO2/c1-11(12-6-5-7-13(10-12)18-2)16-14-8-3-4-9-15(14)17/h5-7,10-11,14,16H,3-4,8-9H2,1-2H3. The number of ketones is 1. The SMILES string of the molecule is COc1cccc(C(C)NC2CCCCC2=O)c1. The highest BCUT2D eigenvalue weighted by molar-refractivity contribution is 5.84. The van der Waals surface area contributed by atoms with Crippen LogP contribution in [-0.4, -0.2) is 18.9 Å². The molecule has 0 bridgehead atoms. The van der Waals surface area contributed by atoms with E-state index >= 15 is 0 Å². The molecule has 1 saturated carbocycles. The summed E-state index contributed by atoms with van der Waals surface area (Å²) in [6.45, 7) is 2.09. The molecule has 18 heavy (non-hydrogen) atoms. The summed E-state index contributed by atoms with van der Waals surface area (Å²) in [5, 5.41) is 3.43. The van der Waals surface area contributed by atoms with Crippen molar-refractivity contribution in [1.29, 1.82) is 0 Å². The van der Waals surface area contributed by atoms with E-state index in [2.05, 4.69) is 18.3 Å². The third-order valence-corrected chi connectivity index (χ3v) is 3.60. The van der Waals surface area contributed by atoms with Crippen molar-refractivity contribution in [3.05, 3.63) is 29.8 Å². The van der Waals surface area contributed by atoms with Crippen molar-refractivity contribution in [2.75, 3.05) is 7.11 Å². The number of nitrogens with one attached hydrogen (secondary N) is 1. The molecule has 2 rings (SSSR count). The third-order valence-electron chi connectivity index (χ3n) is 3.60. The van der Waals surface area contributed by atoms with Gasteiger partial charge in [0.15, 0.2) is 0 Å². The molecule has 1 aromatic carbocycles. The van der Waals surface area contributed by atoms with Gasteiger partial charge in [-0.05, 0) is 37.5 Å². The molecular weight excluding hydrogens is 226 g/mol. The lowest BCUT2D eigenvalue weighted by Crippen LogP contribution is -2.40. The van der Waals surface area contributed by atoms with Crippen molar-refractivity contribution in [1.82, 2.24) is 5.32 Å². The van der Waals surface area contributed by atoms with E-state index in [1.807, 2.05) is 18.2 Å². The largest absolute Gasteiger partial charge is 0.497 e. The minimum atomic E-state index is 0.0277. The van der Waals surface area contributed by atoms with Crippen LogP contribution in [0.1, 0.15) is 44.2 Å². The zero-order valence-electron chi connectivity index (χ0n) is 11.1. The molecular formula is C15H21NO2. The van der Waals surface area contributed by atoms with E-state index in [0.29, 0.717) is 5.78 Å². The third kappa shape index (κ3) is 3.10. The van der Waals surface area contributed by atoms with Crippen LogP contribution in [0.3, 0.4) is 0 Å². The van der Waals surface area contributed by atoms with Gasteiger partial charge < -0.3 is 10.1 Å². The second-order valence-electron chi connectivity index (χ2n) is 4.93. The van der Waals surface area contributed by atoms with Gasteiger partial charge in [-0.15, -0.1) is 0 Å². The molecule has 1 aliphatic rings. The van der Waals surface area contributed by atoms with Crippen LogP contribution in [0.15, 0.2) is 24.3 Å². The van der Waals surface area contributed by atoms with E-state index in [1.165, 1.54) is 0 Å². The minimum Gasteiger partial charge on any atom is -0.497 e. The molecule has 1 aromatic rings. The molecule has 0 amide bonds. The van der Waals surface area contributed by atoms with Gasteiger partial charge >= 0.3 is 0 Å². The molecule has 3 heteroatoms. The molecule has 1 fully saturated rings. The number of hydrogen-bond acceptors (Lipinski definition) is 3. The number of carbonyl (C=O) groups excluding carboxylic acids is 1. The highest BCUT2D eigenvalue weighted by Crippen LogP contribution is 2.22. The van der Waals surface area contributed by atoms with Crippen LogP contribution in [0.4, 0.5) is 0 Å². The Morgan fingerprint density at radius 2 is 2.22 bits per heavy atom. The Labute approximate surface area is 109 Å². The summed E-state index contributed by atoms with van der Waals surface area (Å²) in [4.78, 5) is 11.8. The second-order valence-corrected chi connectivity index (χ2v) is 4.93. The number of carbonyl (C=O) groups is 1. The first-order chi connectivity index (χ1) is 8.70. The fourth-order valence-electron chi connectivity index (χ4n) is 2.47. The van der Waals surface area contributed by atoms with Crippen LogP contribution in [0.5, 0.6) is 5.75 Å². The predicted molar refractivity (Wildman–Crippen MR) is 71.8 cm³/mol. The van der Waals surface area contributed by atoms with Crippen molar-refractivity contribution in [3.63, 3.8) is 0 Å². The second kappa shape index (κ2) is 6.01. The monoisotopic (exact) mass is 247 g/mol. The fraction of sp³-hybridized carbons (Fsp3) is 0.533. The van der Waals surface area contributed by atoms with Gasteiger partial charge in [-0.2, -0.15) is 0 Å². The van der Waals surface area contributed by atoms with Crippen LogP contribution in [0.2, 0.25) is 0 Å². The van der Waals surface area contributed by atoms with Crippen molar-refractivity contribution in [2.45, 2.75) is 44.7 Å². The van der Waals surface area contributed by atoms with Gasteiger partial charge in [0, 0.05) is 12.5 Å². The highest BCUT2D eigenvalue weighted by atomic mass is 16.5. The lowest BCUT2D eigenvalue weighted by molar-refractivity contribution is -0.122. The number of benzene rings is 1. The number of ether oxygens (including phenoxy) is 1. The number of rotatable bonds is 4. The van der Waals surface area contributed by atoms with Crippen molar-refractivity contribution in [2.24, 2.45) is 0 Å². The molecule has 2 unspecified atom stereocenters. The lowest BCUT2D eigenvalue weighted by Gasteiger charge is -2.25. The molecule has 0 aromatic heterocycles. The highest BCUT2D eigenvalue weighted by Gasteiger charge is 2.23. The molecule has 0 heterocycles. The Balaban J connectivity index is 2.01. The van der Waals surface area contributed by atoms with Gasteiger partial charge in [-0.25, -0.2) is 0 Å². The summed E-state index contributed by atoms with van der Waals surface area (Å²) < 4.78 is 5.22. The Hall–Kier alpha value is -1.35. The van der Waals surface area contributed by atoms with Gasteiger partial charge in [-0.3, -0.25) is 4.79 Å². The van der Waals surface area contributed by atoms with E-state index in [1.54, 1.807) is 7.11 Å². The molecule has 1 aliphatic carbocycles. The Kier molecular flexibility index (Phi) is 4.37. The van der Waals surface area contributed by atoms with E-state index in [-0.39, 0.29) is 12.1 Å². The molecule has 1 N–H and O–H groups in total. The smallest absolute Gasteiger partial charge is 0.149 e. The van der Waals surface area contributed by atoms with Crippen molar-refractivity contribution < 1.29 is 9.53 Å². The maximum Gasteiger partial charge on any atom is 0.149 e. The number of hydrogen-bond donors (Lipinski definition) is 1. The van der Waals surface area contributed by atoms with Gasteiger partial charge in [0.2, 0.25) is 0 Å². The van der Waals surface area contributed by atoms with Gasteiger partial charge in [0.25, 0.3) is 0 Å². The Morgan fingerprint density at radius 3 is 2.94 bits per heavy atom. The summed E-state index contributed by atoms with van der Waals surface area (Å²) in [5.74, 6) is 1.21. The lowest BCUT2D eigenvalue weighted by atomic mass is 9.93. The molecule has 0 radical (unpaired) electrons. The van der Waals surface area contributed by atoms with E-state index in [4.69, 9.17) is 4.74 Å². The first-order valence-corrected chi connectivity index (χ1v) is 6.63. The van der Waals surface area contributed by atoms with Crippen LogP contribution < -0.4 is 10.1 Å². The quantitative estimate of drug-likeness (QED) is 0.889. The van der Waals surface area contributed by atoms with E-state index in [0.717, 1.165) is 37.0 Å². The maximum atomic E-state index is 11.8. The first kappa shape index (κ1) is 13.1. The molecule has 0 spiro atoms. The molecule has 3 nitrogen and oxygen atoms in total. The van der Waals surface area contributed by atoms with Crippen molar-refractivity contribution >= 4 is 5.78 Å². The van der Waals surface area contributed by atoms with Gasteiger partial charge in [-0.1, -0.05) is 18.6 Å². The predicted octanol–water partition coefficient (Wildman–Crippen LogP) is 2.86. The molecule has 0 saturated heterocycles. The summed E-state index contributed by atoms with van der Waals surface area (Å²) >= 11 is 0. The van der Waals surface area contributed by atoms with Crippen LogP contribution in [0, 0.1) is 0 Å². The average molecular weight is 247 g/mol. The molecule has 0 aliphatic heterocycles. The fourth-order valence-corrected chi connectivity index (χ4v) is 2.47. The number of methoxy groups -OCH3 is 1. The summed E-state index contributed by atoms with van der Waals surface area (Å²) in [7, 11) is 1.67. The molecule has 98 valence electrons. The van der Waals surface area contributed by atoms with Crippen LogP contribution in [-0.2, 0) is 4.79 Å². The Morgan fingerprint density at radius 1 is 1.39 bits per heavy atom. The zero-order chi connectivity index (χ0) is 13.0. The zero-order valence-corrected chi connectivity index (χ0v) is 11.1. The average Bonchev–Trinajstić information content (AvgIpc) is 2.41. The van der Waals surface area contributed by atoms with Crippen molar-refractivity contribution in [3.8, 4) is 5.75 Å². The topological polar surface area (TPSA) is 38.3 Å².